The fourth-order valence-electron chi connectivity index (χ4n) is 2.28. The number of likely N-dealkylation sites (N-methyl/N-ethyl adjacent to an activating group) is 1. The molecule has 0 saturated carbocycles. The Kier molecular flexibility index (Phi) is 3.31. The maximum Gasteiger partial charge on any atom is 0.246 e. The molecule has 6 heteroatoms. The van der Waals surface area contributed by atoms with Crippen molar-refractivity contribution in [3.8, 4) is 11.5 Å². The van der Waals surface area contributed by atoms with Gasteiger partial charge in [0.05, 0.1) is 0 Å². The molecule has 0 spiro atoms. The van der Waals surface area contributed by atoms with Crippen LogP contribution in [0.4, 0.5) is 14.5 Å². The van der Waals surface area contributed by atoms with Crippen molar-refractivity contribution >= 4 is 11.6 Å². The zero-order chi connectivity index (χ0) is 15.0. The molecule has 21 heavy (non-hydrogen) atoms. The first-order valence-electron chi connectivity index (χ1n) is 6.34. The van der Waals surface area contributed by atoms with Crippen LogP contribution in [0.5, 0.6) is 11.5 Å². The van der Waals surface area contributed by atoms with Gasteiger partial charge in [-0.15, -0.1) is 0 Å². The first-order chi connectivity index (χ1) is 10.1. The summed E-state index contributed by atoms with van der Waals surface area (Å²) >= 11 is 0. The molecular formula is C15H12F2N2O2. The molecule has 3 rings (SSSR count). The quantitative estimate of drug-likeness (QED) is 0.913. The Hall–Kier alpha value is -2.47. The van der Waals surface area contributed by atoms with E-state index in [4.69, 9.17) is 4.74 Å². The Morgan fingerprint density at radius 3 is 2.81 bits per heavy atom. The molecule has 0 aliphatic carbocycles. The van der Waals surface area contributed by atoms with Crippen LogP contribution in [-0.4, -0.2) is 13.0 Å². The summed E-state index contributed by atoms with van der Waals surface area (Å²) in [6.45, 7) is 0. The molecular weight excluding hydrogens is 278 g/mol. The van der Waals surface area contributed by atoms with Crippen molar-refractivity contribution in [2.45, 2.75) is 6.04 Å². The molecule has 2 aromatic rings. The second-order valence-corrected chi connectivity index (χ2v) is 4.61. The van der Waals surface area contributed by atoms with E-state index < -0.39 is 17.7 Å². The molecule has 0 aromatic heterocycles. The van der Waals surface area contributed by atoms with Gasteiger partial charge < -0.3 is 15.4 Å². The van der Waals surface area contributed by atoms with Gasteiger partial charge in [-0.3, -0.25) is 4.79 Å². The minimum absolute atomic E-state index is 0.165. The van der Waals surface area contributed by atoms with Crippen molar-refractivity contribution in [2.24, 2.45) is 0 Å². The van der Waals surface area contributed by atoms with E-state index in [1.165, 1.54) is 12.1 Å². The topological polar surface area (TPSA) is 50.4 Å². The van der Waals surface area contributed by atoms with Gasteiger partial charge in [-0.2, -0.15) is 4.39 Å². The number of rotatable bonds is 3. The van der Waals surface area contributed by atoms with Gasteiger partial charge in [0.15, 0.2) is 11.6 Å². The SMILES string of the molecule is CNC1C(=O)Nc2cc(Oc3cccc(F)c3F)ccc21. The number of amides is 1. The summed E-state index contributed by atoms with van der Waals surface area (Å²) in [6, 6.07) is 8.19. The molecule has 4 nitrogen and oxygen atoms in total. The number of carbonyl (C=O) groups excluding carboxylic acids is 1. The van der Waals surface area contributed by atoms with Gasteiger partial charge in [0.2, 0.25) is 11.7 Å². The predicted octanol–water partition coefficient (Wildman–Crippen LogP) is 2.97. The molecule has 1 heterocycles. The van der Waals surface area contributed by atoms with E-state index in [1.807, 2.05) is 0 Å². The monoisotopic (exact) mass is 290 g/mol. The van der Waals surface area contributed by atoms with Crippen LogP contribution < -0.4 is 15.4 Å². The summed E-state index contributed by atoms with van der Waals surface area (Å²) in [5, 5.41) is 5.59. The van der Waals surface area contributed by atoms with Gasteiger partial charge in [0.25, 0.3) is 0 Å². The lowest BCUT2D eigenvalue weighted by Crippen LogP contribution is -2.23. The number of hydrogen-bond acceptors (Lipinski definition) is 3. The Morgan fingerprint density at radius 1 is 1.24 bits per heavy atom. The Bertz CT molecular complexity index is 719. The maximum atomic E-state index is 13.6. The minimum atomic E-state index is -1.05. The highest BCUT2D eigenvalue weighted by atomic mass is 19.2. The Morgan fingerprint density at radius 2 is 2.05 bits per heavy atom. The molecule has 0 bridgehead atoms. The highest BCUT2D eigenvalue weighted by Crippen LogP contribution is 2.35. The molecule has 1 amide bonds. The van der Waals surface area contributed by atoms with Crippen molar-refractivity contribution in [1.29, 1.82) is 0 Å². The van der Waals surface area contributed by atoms with Crippen molar-refractivity contribution in [1.82, 2.24) is 5.32 Å². The average molecular weight is 290 g/mol. The molecule has 2 N–H and O–H groups in total. The lowest BCUT2D eigenvalue weighted by atomic mass is 10.1. The summed E-state index contributed by atoms with van der Waals surface area (Å²) in [6.07, 6.45) is 0. The fourth-order valence-corrected chi connectivity index (χ4v) is 2.28. The van der Waals surface area contributed by atoms with Gasteiger partial charge in [0.1, 0.15) is 11.8 Å². The van der Waals surface area contributed by atoms with Gasteiger partial charge in [-0.25, -0.2) is 4.39 Å². The van der Waals surface area contributed by atoms with Gasteiger partial charge in [-0.1, -0.05) is 12.1 Å². The average Bonchev–Trinajstić information content (AvgIpc) is 2.78. The second-order valence-electron chi connectivity index (χ2n) is 4.61. The first-order valence-corrected chi connectivity index (χ1v) is 6.34. The van der Waals surface area contributed by atoms with E-state index in [1.54, 1.807) is 25.2 Å². The summed E-state index contributed by atoms with van der Waals surface area (Å²) < 4.78 is 32.0. The highest BCUT2D eigenvalue weighted by Gasteiger charge is 2.29. The van der Waals surface area contributed by atoms with Gasteiger partial charge in [-0.05, 0) is 25.2 Å². The van der Waals surface area contributed by atoms with Crippen LogP contribution in [0, 0.1) is 11.6 Å². The largest absolute Gasteiger partial charge is 0.454 e. The molecule has 1 atom stereocenters. The maximum absolute atomic E-state index is 13.6. The number of benzene rings is 2. The highest BCUT2D eigenvalue weighted by molar-refractivity contribution is 6.02. The molecule has 1 aliphatic heterocycles. The van der Waals surface area contributed by atoms with Crippen molar-refractivity contribution in [3.63, 3.8) is 0 Å². The Labute approximate surface area is 119 Å². The van der Waals surface area contributed by atoms with Crippen molar-refractivity contribution < 1.29 is 18.3 Å². The van der Waals surface area contributed by atoms with E-state index >= 15 is 0 Å². The molecule has 108 valence electrons. The van der Waals surface area contributed by atoms with Crippen LogP contribution in [-0.2, 0) is 4.79 Å². The molecule has 0 fully saturated rings. The van der Waals surface area contributed by atoms with Crippen LogP contribution in [0.15, 0.2) is 36.4 Å². The number of halogens is 2. The lowest BCUT2D eigenvalue weighted by Gasteiger charge is -2.09. The zero-order valence-electron chi connectivity index (χ0n) is 11.1. The molecule has 2 aromatic carbocycles. The summed E-state index contributed by atoms with van der Waals surface area (Å²) in [5.74, 6) is -2.08. The third-order valence-electron chi connectivity index (χ3n) is 3.29. The van der Waals surface area contributed by atoms with Gasteiger partial charge >= 0.3 is 0 Å². The number of carbonyl (C=O) groups is 1. The summed E-state index contributed by atoms with van der Waals surface area (Å²) in [4.78, 5) is 11.7. The first kappa shape index (κ1) is 13.5. The minimum Gasteiger partial charge on any atom is -0.454 e. The van der Waals surface area contributed by atoms with Crippen molar-refractivity contribution in [3.05, 3.63) is 53.6 Å². The number of fused-ring (bicyclic) bond motifs is 1. The predicted molar refractivity (Wildman–Crippen MR) is 73.3 cm³/mol. The lowest BCUT2D eigenvalue weighted by molar-refractivity contribution is -0.117. The smallest absolute Gasteiger partial charge is 0.246 e. The zero-order valence-corrected chi connectivity index (χ0v) is 11.1. The third-order valence-corrected chi connectivity index (χ3v) is 3.29. The molecule has 1 unspecified atom stereocenters. The molecule has 0 radical (unpaired) electrons. The number of anilines is 1. The van der Waals surface area contributed by atoms with Crippen LogP contribution in [0.1, 0.15) is 11.6 Å². The van der Waals surface area contributed by atoms with Crippen LogP contribution in [0.25, 0.3) is 0 Å². The van der Waals surface area contributed by atoms with Crippen LogP contribution in [0.3, 0.4) is 0 Å². The standard InChI is InChI=1S/C15H12F2N2O2/c1-18-14-9-6-5-8(7-11(9)19-15(14)20)21-12-4-2-3-10(16)13(12)17/h2-7,14,18H,1H3,(H,19,20). The normalized spacial score (nSPS) is 16.5. The van der Waals surface area contributed by atoms with E-state index in [0.717, 1.165) is 11.6 Å². The van der Waals surface area contributed by atoms with Crippen molar-refractivity contribution in [2.75, 3.05) is 12.4 Å². The van der Waals surface area contributed by atoms with E-state index in [9.17, 15) is 13.6 Å². The third kappa shape index (κ3) is 2.34. The molecule has 0 saturated heterocycles. The molecule has 1 aliphatic rings. The second kappa shape index (κ2) is 5.14. The van der Waals surface area contributed by atoms with E-state index in [-0.39, 0.29) is 11.7 Å². The van der Waals surface area contributed by atoms with Crippen LogP contribution in [0.2, 0.25) is 0 Å². The summed E-state index contributed by atoms with van der Waals surface area (Å²) in [5.41, 5.74) is 1.38. The number of nitrogens with one attached hydrogen (secondary N) is 2. The summed E-state index contributed by atoms with van der Waals surface area (Å²) in [7, 11) is 1.69. The number of ether oxygens (including phenoxy) is 1. The number of hydrogen-bond donors (Lipinski definition) is 2. The van der Waals surface area contributed by atoms with E-state index in [0.29, 0.717) is 11.4 Å². The Balaban J connectivity index is 1.91. The van der Waals surface area contributed by atoms with E-state index in [2.05, 4.69) is 10.6 Å². The van der Waals surface area contributed by atoms with Gasteiger partial charge in [0, 0.05) is 17.3 Å². The fraction of sp³-hybridized carbons (Fsp3) is 0.133. The van der Waals surface area contributed by atoms with Crippen LogP contribution >= 0.6 is 0 Å².